The Morgan fingerprint density at radius 3 is 2.52 bits per heavy atom. The summed E-state index contributed by atoms with van der Waals surface area (Å²) >= 11 is 0. The fraction of sp³-hybridized carbons (Fsp3) is 0.360. The molecule has 2 aromatic rings. The summed E-state index contributed by atoms with van der Waals surface area (Å²) in [5.41, 5.74) is 0.842. The van der Waals surface area contributed by atoms with E-state index >= 15 is 0 Å². The number of unbranched alkanes of at least 4 members (excludes halogenated alkanes) is 1. The highest BCUT2D eigenvalue weighted by Gasteiger charge is 2.46. The maximum atomic E-state index is 13.1. The van der Waals surface area contributed by atoms with Crippen LogP contribution in [0.15, 0.2) is 48.0 Å². The third-order valence-electron chi connectivity index (χ3n) is 5.49. The quantitative estimate of drug-likeness (QED) is 0.322. The summed E-state index contributed by atoms with van der Waals surface area (Å²) in [6, 6.07) is 11.0. The van der Waals surface area contributed by atoms with Gasteiger partial charge in [-0.3, -0.25) is 9.59 Å². The van der Waals surface area contributed by atoms with Crippen molar-refractivity contribution >= 4 is 17.4 Å². The van der Waals surface area contributed by atoms with Crippen molar-refractivity contribution in [3.63, 3.8) is 0 Å². The summed E-state index contributed by atoms with van der Waals surface area (Å²) in [7, 11) is 2.95. The van der Waals surface area contributed by atoms with Crippen molar-refractivity contribution in [3.05, 3.63) is 59.2 Å². The van der Waals surface area contributed by atoms with Crippen molar-refractivity contribution in [2.45, 2.75) is 25.8 Å². The summed E-state index contributed by atoms with van der Waals surface area (Å²) in [5.74, 6) is -0.476. The number of benzene rings is 2. The van der Waals surface area contributed by atoms with E-state index in [1.165, 1.54) is 19.1 Å². The zero-order chi connectivity index (χ0) is 24.0. The van der Waals surface area contributed by atoms with Gasteiger partial charge < -0.3 is 29.3 Å². The Morgan fingerprint density at radius 1 is 1.06 bits per heavy atom. The first-order valence-corrected chi connectivity index (χ1v) is 10.8. The van der Waals surface area contributed by atoms with Gasteiger partial charge in [-0.15, -0.1) is 0 Å². The molecule has 1 aliphatic heterocycles. The molecule has 0 radical (unpaired) electrons. The molecule has 1 unspecified atom stereocenters. The zero-order valence-corrected chi connectivity index (χ0v) is 19.0. The lowest BCUT2D eigenvalue weighted by atomic mass is 9.94. The predicted octanol–water partition coefficient (Wildman–Crippen LogP) is 3.30. The molecule has 1 aliphatic rings. The first-order chi connectivity index (χ1) is 16.0. The second-order valence-corrected chi connectivity index (χ2v) is 7.56. The maximum absolute atomic E-state index is 13.1. The van der Waals surface area contributed by atoms with Crippen molar-refractivity contribution in [2.24, 2.45) is 0 Å². The van der Waals surface area contributed by atoms with E-state index in [0.717, 1.165) is 6.42 Å². The van der Waals surface area contributed by atoms with Crippen LogP contribution < -0.4 is 14.2 Å². The van der Waals surface area contributed by atoms with E-state index in [4.69, 9.17) is 19.3 Å². The van der Waals surface area contributed by atoms with Crippen molar-refractivity contribution in [1.82, 2.24) is 4.90 Å². The number of aliphatic hydroxyl groups is 2. The number of methoxy groups -OCH3 is 2. The van der Waals surface area contributed by atoms with Crippen molar-refractivity contribution < 1.29 is 34.0 Å². The molecule has 33 heavy (non-hydrogen) atoms. The first-order valence-electron chi connectivity index (χ1n) is 10.8. The number of likely N-dealkylation sites (tertiary alicyclic amines) is 1. The van der Waals surface area contributed by atoms with Gasteiger partial charge in [0.25, 0.3) is 11.7 Å². The van der Waals surface area contributed by atoms with E-state index in [-0.39, 0.29) is 30.1 Å². The Kier molecular flexibility index (Phi) is 7.95. The number of aliphatic hydroxyl groups excluding tert-OH is 2. The van der Waals surface area contributed by atoms with Gasteiger partial charge in [0.15, 0.2) is 0 Å². The molecule has 1 atom stereocenters. The number of carbonyl (C=O) groups is 2. The molecule has 3 rings (SSSR count). The van der Waals surface area contributed by atoms with E-state index in [0.29, 0.717) is 35.8 Å². The van der Waals surface area contributed by atoms with E-state index < -0.39 is 17.7 Å². The SMILES string of the molecule is CCCCN1C(=O)C(=O)/C(=C(/O)c2cc(OC)ccc2OC)C1c1cccc(OCCO)c1. The molecule has 2 N–H and O–H groups in total. The van der Waals surface area contributed by atoms with Gasteiger partial charge >= 0.3 is 0 Å². The Labute approximate surface area is 193 Å². The van der Waals surface area contributed by atoms with Gasteiger partial charge in [0.2, 0.25) is 0 Å². The van der Waals surface area contributed by atoms with Crippen LogP contribution in [0.5, 0.6) is 17.2 Å². The molecule has 1 heterocycles. The number of rotatable bonds is 10. The Balaban J connectivity index is 2.19. The highest BCUT2D eigenvalue weighted by molar-refractivity contribution is 6.46. The second-order valence-electron chi connectivity index (χ2n) is 7.56. The second kappa shape index (κ2) is 10.9. The lowest BCUT2D eigenvalue weighted by molar-refractivity contribution is -0.139. The number of carbonyl (C=O) groups excluding carboxylic acids is 2. The molecule has 0 spiro atoms. The van der Waals surface area contributed by atoms with Crippen LogP contribution in [0.3, 0.4) is 0 Å². The summed E-state index contributed by atoms with van der Waals surface area (Å²) in [6.07, 6.45) is 1.53. The highest BCUT2D eigenvalue weighted by atomic mass is 16.5. The lowest BCUT2D eigenvalue weighted by Crippen LogP contribution is -2.30. The summed E-state index contributed by atoms with van der Waals surface area (Å²) in [5, 5.41) is 20.4. The van der Waals surface area contributed by atoms with E-state index in [1.807, 2.05) is 6.92 Å². The molecular weight excluding hydrogens is 426 g/mol. The Bertz CT molecular complexity index is 1050. The van der Waals surface area contributed by atoms with Gasteiger partial charge in [0, 0.05) is 6.54 Å². The molecule has 8 heteroatoms. The topological polar surface area (TPSA) is 106 Å². The minimum atomic E-state index is -0.801. The fourth-order valence-electron chi connectivity index (χ4n) is 3.87. The molecule has 8 nitrogen and oxygen atoms in total. The van der Waals surface area contributed by atoms with Gasteiger partial charge in [-0.2, -0.15) is 0 Å². The normalized spacial score (nSPS) is 17.3. The molecule has 0 bridgehead atoms. The van der Waals surface area contributed by atoms with Gasteiger partial charge in [0.1, 0.15) is 29.6 Å². The lowest BCUT2D eigenvalue weighted by Gasteiger charge is -2.25. The molecule has 0 aliphatic carbocycles. The average Bonchev–Trinajstić information content (AvgIpc) is 3.10. The number of Topliss-reactive ketones (excluding diaryl/α,β-unsaturated/α-hetero) is 1. The molecule has 1 amide bonds. The van der Waals surface area contributed by atoms with E-state index in [2.05, 4.69) is 0 Å². The zero-order valence-electron chi connectivity index (χ0n) is 19.0. The summed E-state index contributed by atoms with van der Waals surface area (Å²) in [4.78, 5) is 27.6. The van der Waals surface area contributed by atoms with E-state index in [1.54, 1.807) is 42.5 Å². The smallest absolute Gasteiger partial charge is 0.295 e. The number of hydrogen-bond donors (Lipinski definition) is 2. The van der Waals surface area contributed by atoms with Gasteiger partial charge in [-0.25, -0.2) is 0 Å². The van der Waals surface area contributed by atoms with Gasteiger partial charge in [-0.1, -0.05) is 25.5 Å². The average molecular weight is 456 g/mol. The van der Waals surface area contributed by atoms with Crippen LogP contribution in [-0.4, -0.2) is 60.8 Å². The summed E-state index contributed by atoms with van der Waals surface area (Å²) < 4.78 is 16.2. The first kappa shape index (κ1) is 24.1. The molecule has 2 aromatic carbocycles. The van der Waals surface area contributed by atoms with Crippen LogP contribution in [0.4, 0.5) is 0 Å². The van der Waals surface area contributed by atoms with Crippen LogP contribution in [0, 0.1) is 0 Å². The van der Waals surface area contributed by atoms with Gasteiger partial charge in [0.05, 0.1) is 38.0 Å². The number of amides is 1. The number of nitrogens with zero attached hydrogens (tertiary/aromatic N) is 1. The van der Waals surface area contributed by atoms with E-state index in [9.17, 15) is 14.7 Å². The third kappa shape index (κ3) is 4.96. The Morgan fingerprint density at radius 2 is 1.85 bits per heavy atom. The monoisotopic (exact) mass is 455 g/mol. The molecule has 0 aromatic heterocycles. The van der Waals surface area contributed by atoms with Crippen molar-refractivity contribution in [3.8, 4) is 17.2 Å². The standard InChI is InChI=1S/C25H29NO7/c1-4-5-11-26-22(16-7-6-8-18(14-16)33-13-12-27)21(24(29)25(26)30)23(28)19-15-17(31-2)9-10-20(19)32-3/h6-10,14-15,22,27-28H,4-5,11-13H2,1-3H3/b23-21+. The van der Waals surface area contributed by atoms with Gasteiger partial charge in [-0.05, 0) is 42.3 Å². The minimum Gasteiger partial charge on any atom is -0.507 e. The van der Waals surface area contributed by atoms with Crippen LogP contribution in [0.25, 0.3) is 5.76 Å². The highest BCUT2D eigenvalue weighted by Crippen LogP contribution is 2.42. The summed E-state index contributed by atoms with van der Waals surface area (Å²) in [6.45, 7) is 2.32. The molecule has 0 saturated carbocycles. The number of ether oxygens (including phenoxy) is 3. The minimum absolute atomic E-state index is 0.0260. The van der Waals surface area contributed by atoms with Crippen LogP contribution in [-0.2, 0) is 9.59 Å². The van der Waals surface area contributed by atoms with Crippen LogP contribution in [0.2, 0.25) is 0 Å². The molecule has 176 valence electrons. The third-order valence-corrected chi connectivity index (χ3v) is 5.49. The number of ketones is 1. The largest absolute Gasteiger partial charge is 0.507 e. The molecular formula is C25H29NO7. The molecule has 1 saturated heterocycles. The maximum Gasteiger partial charge on any atom is 0.295 e. The van der Waals surface area contributed by atoms with Crippen LogP contribution in [0.1, 0.15) is 36.9 Å². The predicted molar refractivity (Wildman–Crippen MR) is 122 cm³/mol. The van der Waals surface area contributed by atoms with Crippen molar-refractivity contribution in [2.75, 3.05) is 34.0 Å². The fourth-order valence-corrected chi connectivity index (χ4v) is 3.87. The van der Waals surface area contributed by atoms with Crippen molar-refractivity contribution in [1.29, 1.82) is 0 Å². The molecule has 1 fully saturated rings. The Hall–Kier alpha value is -3.52. The number of hydrogen-bond acceptors (Lipinski definition) is 7. The van der Waals surface area contributed by atoms with Crippen LogP contribution >= 0.6 is 0 Å².